The van der Waals surface area contributed by atoms with Crippen molar-refractivity contribution in [3.8, 4) is 5.75 Å². The fraction of sp³-hybridized carbons (Fsp3) is 0.647. The summed E-state index contributed by atoms with van der Waals surface area (Å²) in [6.45, 7) is 7.02. The second kappa shape index (κ2) is 8.62. The van der Waals surface area contributed by atoms with Crippen LogP contribution in [0.15, 0.2) is 24.3 Å². The molecule has 0 saturated carbocycles. The molecule has 1 aromatic carbocycles. The Morgan fingerprint density at radius 1 is 1.38 bits per heavy atom. The van der Waals surface area contributed by atoms with Gasteiger partial charge in [0, 0.05) is 24.3 Å². The van der Waals surface area contributed by atoms with Gasteiger partial charge in [0.05, 0.1) is 0 Å². The zero-order chi connectivity index (χ0) is 15.1. The molecule has 0 bridgehead atoms. The molecule has 0 aliphatic carbocycles. The molecule has 2 rings (SSSR count). The Hall–Kier alpha value is -0.770. The van der Waals surface area contributed by atoms with Gasteiger partial charge in [0.1, 0.15) is 11.9 Å². The summed E-state index contributed by atoms with van der Waals surface area (Å²) in [5.74, 6) is 1.57. The normalized spacial score (nSPS) is 19.2. The summed E-state index contributed by atoms with van der Waals surface area (Å²) in [4.78, 5) is 0. The van der Waals surface area contributed by atoms with Gasteiger partial charge >= 0.3 is 0 Å². The van der Waals surface area contributed by atoms with Crippen LogP contribution in [0.3, 0.4) is 0 Å². The molecule has 2 unspecified atom stereocenters. The van der Waals surface area contributed by atoms with Crippen LogP contribution in [0.1, 0.15) is 33.1 Å². The number of ether oxygens (including phenoxy) is 2. The number of nitrogens with one attached hydrogen (secondary N) is 1. The van der Waals surface area contributed by atoms with E-state index in [4.69, 9.17) is 21.1 Å². The quantitative estimate of drug-likeness (QED) is 0.828. The van der Waals surface area contributed by atoms with Crippen molar-refractivity contribution in [3.63, 3.8) is 0 Å². The molecule has 21 heavy (non-hydrogen) atoms. The molecule has 0 amide bonds. The minimum Gasteiger partial charge on any atom is -0.489 e. The third kappa shape index (κ3) is 5.50. The van der Waals surface area contributed by atoms with E-state index in [0.29, 0.717) is 11.1 Å². The topological polar surface area (TPSA) is 30.5 Å². The number of hydrogen-bond donors (Lipinski definition) is 1. The van der Waals surface area contributed by atoms with Gasteiger partial charge in [-0.05, 0) is 56.8 Å². The Labute approximate surface area is 133 Å². The van der Waals surface area contributed by atoms with Crippen molar-refractivity contribution in [2.24, 2.45) is 5.92 Å². The fourth-order valence-corrected chi connectivity index (χ4v) is 3.06. The number of likely N-dealkylation sites (N-methyl/N-ethyl adjacent to an activating group) is 1. The maximum Gasteiger partial charge on any atom is 0.121 e. The number of rotatable bonds is 7. The van der Waals surface area contributed by atoms with Crippen molar-refractivity contribution in [1.29, 1.82) is 0 Å². The predicted octanol–water partition coefficient (Wildman–Crippen LogP) is 3.90. The minimum atomic E-state index is 0.117. The Morgan fingerprint density at radius 2 is 2.14 bits per heavy atom. The van der Waals surface area contributed by atoms with Crippen molar-refractivity contribution >= 4 is 11.6 Å². The Kier molecular flexibility index (Phi) is 6.81. The van der Waals surface area contributed by atoms with Crippen LogP contribution in [-0.2, 0) is 4.74 Å². The predicted molar refractivity (Wildman–Crippen MR) is 87.2 cm³/mol. The first-order valence-electron chi connectivity index (χ1n) is 7.92. The number of halogens is 1. The lowest BCUT2D eigenvalue weighted by molar-refractivity contribution is 0.0529. The maximum atomic E-state index is 6.07. The van der Waals surface area contributed by atoms with E-state index in [1.807, 2.05) is 24.3 Å². The molecule has 3 nitrogen and oxygen atoms in total. The van der Waals surface area contributed by atoms with E-state index >= 15 is 0 Å². The molecular formula is C17H26ClNO2. The third-order valence-electron chi connectivity index (χ3n) is 4.08. The van der Waals surface area contributed by atoms with Gasteiger partial charge in [-0.3, -0.25) is 0 Å². The van der Waals surface area contributed by atoms with E-state index in [1.165, 1.54) is 0 Å². The standard InChI is InChI=1S/C17H26ClNO2/c1-3-19-17(11-14-7-9-20-10-8-14)13(2)21-16-6-4-5-15(18)12-16/h4-6,12-14,17,19H,3,7-11H2,1-2H3. The molecule has 0 radical (unpaired) electrons. The Bertz CT molecular complexity index is 421. The molecule has 2 atom stereocenters. The van der Waals surface area contributed by atoms with Gasteiger partial charge in [0.15, 0.2) is 0 Å². The SMILES string of the molecule is CCNC(CC1CCOCC1)C(C)Oc1cccc(Cl)c1. The van der Waals surface area contributed by atoms with Gasteiger partial charge in [-0.25, -0.2) is 0 Å². The molecular weight excluding hydrogens is 286 g/mol. The molecule has 1 heterocycles. The second-order valence-corrected chi connectivity index (χ2v) is 6.17. The highest BCUT2D eigenvalue weighted by molar-refractivity contribution is 6.30. The van der Waals surface area contributed by atoms with Crippen LogP contribution < -0.4 is 10.1 Å². The van der Waals surface area contributed by atoms with Crippen molar-refractivity contribution in [2.45, 2.75) is 45.3 Å². The summed E-state index contributed by atoms with van der Waals surface area (Å²) < 4.78 is 11.5. The van der Waals surface area contributed by atoms with E-state index < -0.39 is 0 Å². The first kappa shape index (κ1) is 16.6. The van der Waals surface area contributed by atoms with E-state index in [-0.39, 0.29) is 6.10 Å². The summed E-state index contributed by atoms with van der Waals surface area (Å²) in [6, 6.07) is 7.97. The van der Waals surface area contributed by atoms with Crippen LogP contribution in [0.2, 0.25) is 5.02 Å². The molecule has 1 aliphatic heterocycles. The van der Waals surface area contributed by atoms with Gasteiger partial charge in [-0.2, -0.15) is 0 Å². The van der Waals surface area contributed by atoms with Gasteiger partial charge in [0.2, 0.25) is 0 Å². The maximum absolute atomic E-state index is 6.07. The molecule has 1 aliphatic rings. The monoisotopic (exact) mass is 311 g/mol. The lowest BCUT2D eigenvalue weighted by atomic mass is 9.90. The highest BCUT2D eigenvalue weighted by Crippen LogP contribution is 2.24. The molecule has 1 aromatic rings. The van der Waals surface area contributed by atoms with Gasteiger partial charge in [-0.15, -0.1) is 0 Å². The Morgan fingerprint density at radius 3 is 2.81 bits per heavy atom. The smallest absolute Gasteiger partial charge is 0.121 e. The van der Waals surface area contributed by atoms with Crippen LogP contribution in [0.25, 0.3) is 0 Å². The molecule has 0 aromatic heterocycles. The van der Waals surface area contributed by atoms with Crippen LogP contribution in [-0.4, -0.2) is 31.9 Å². The summed E-state index contributed by atoms with van der Waals surface area (Å²) in [6.07, 6.45) is 3.57. The lowest BCUT2D eigenvalue weighted by Crippen LogP contribution is -2.43. The first-order chi connectivity index (χ1) is 10.2. The van der Waals surface area contributed by atoms with E-state index in [2.05, 4.69) is 19.2 Å². The van der Waals surface area contributed by atoms with E-state index in [9.17, 15) is 0 Å². The van der Waals surface area contributed by atoms with Crippen LogP contribution in [0.4, 0.5) is 0 Å². The third-order valence-corrected chi connectivity index (χ3v) is 4.31. The minimum absolute atomic E-state index is 0.117. The summed E-state index contributed by atoms with van der Waals surface area (Å²) in [7, 11) is 0. The van der Waals surface area contributed by atoms with Crippen LogP contribution in [0, 0.1) is 5.92 Å². The van der Waals surface area contributed by atoms with Gasteiger partial charge < -0.3 is 14.8 Å². The number of benzene rings is 1. The molecule has 1 saturated heterocycles. The summed E-state index contributed by atoms with van der Waals surface area (Å²) in [5, 5.41) is 4.28. The highest BCUT2D eigenvalue weighted by atomic mass is 35.5. The molecule has 0 spiro atoms. The molecule has 1 N–H and O–H groups in total. The van der Waals surface area contributed by atoms with Crippen molar-refractivity contribution in [1.82, 2.24) is 5.32 Å². The fourth-order valence-electron chi connectivity index (χ4n) is 2.88. The zero-order valence-electron chi connectivity index (χ0n) is 13.0. The van der Waals surface area contributed by atoms with Crippen molar-refractivity contribution < 1.29 is 9.47 Å². The molecule has 118 valence electrons. The largest absolute Gasteiger partial charge is 0.489 e. The summed E-state index contributed by atoms with van der Waals surface area (Å²) in [5.41, 5.74) is 0. The lowest BCUT2D eigenvalue weighted by Gasteiger charge is -2.31. The van der Waals surface area contributed by atoms with E-state index in [0.717, 1.165) is 50.7 Å². The second-order valence-electron chi connectivity index (χ2n) is 5.74. The Balaban J connectivity index is 1.92. The first-order valence-corrected chi connectivity index (χ1v) is 8.30. The average molecular weight is 312 g/mol. The van der Waals surface area contributed by atoms with Crippen molar-refractivity contribution in [2.75, 3.05) is 19.8 Å². The van der Waals surface area contributed by atoms with Crippen LogP contribution >= 0.6 is 11.6 Å². The van der Waals surface area contributed by atoms with Crippen LogP contribution in [0.5, 0.6) is 5.75 Å². The van der Waals surface area contributed by atoms with Gasteiger partial charge in [0.25, 0.3) is 0 Å². The zero-order valence-corrected chi connectivity index (χ0v) is 13.7. The summed E-state index contributed by atoms with van der Waals surface area (Å²) >= 11 is 6.02. The van der Waals surface area contributed by atoms with Gasteiger partial charge in [-0.1, -0.05) is 24.6 Å². The molecule has 1 fully saturated rings. The van der Waals surface area contributed by atoms with E-state index in [1.54, 1.807) is 0 Å². The van der Waals surface area contributed by atoms with Crippen molar-refractivity contribution in [3.05, 3.63) is 29.3 Å². The highest BCUT2D eigenvalue weighted by Gasteiger charge is 2.24. The molecule has 4 heteroatoms. The average Bonchev–Trinajstić information content (AvgIpc) is 2.48. The number of hydrogen-bond acceptors (Lipinski definition) is 3.